The maximum Gasteiger partial charge on any atom is 0.308 e. The highest BCUT2D eigenvalue weighted by Gasteiger charge is 2.38. The van der Waals surface area contributed by atoms with Gasteiger partial charge in [0, 0.05) is 12.6 Å². The molecule has 21 heavy (non-hydrogen) atoms. The molecule has 2 unspecified atom stereocenters. The Hall–Kier alpha value is -2.04. The number of carboxylic acid groups (broad SMARTS) is 1. The quantitative estimate of drug-likeness (QED) is 0.921. The topological polar surface area (TPSA) is 66.8 Å². The number of carbonyl (C=O) groups is 2. The maximum absolute atomic E-state index is 12.2. The molecule has 1 saturated heterocycles. The van der Waals surface area contributed by atoms with Crippen molar-refractivity contribution in [3.8, 4) is 5.75 Å². The van der Waals surface area contributed by atoms with Gasteiger partial charge < -0.3 is 14.7 Å². The summed E-state index contributed by atoms with van der Waals surface area (Å²) < 4.78 is 5.57. The van der Waals surface area contributed by atoms with E-state index in [0.717, 1.165) is 11.1 Å². The minimum Gasteiger partial charge on any atom is -0.484 e. The van der Waals surface area contributed by atoms with Crippen LogP contribution in [0.15, 0.2) is 18.2 Å². The van der Waals surface area contributed by atoms with Gasteiger partial charge in [-0.3, -0.25) is 9.59 Å². The lowest BCUT2D eigenvalue weighted by molar-refractivity contribution is -0.143. The normalized spacial score (nSPS) is 21.4. The summed E-state index contributed by atoms with van der Waals surface area (Å²) in [6.07, 6.45) is 0.506. The van der Waals surface area contributed by atoms with Crippen LogP contribution in [0.2, 0.25) is 0 Å². The first-order valence-corrected chi connectivity index (χ1v) is 7.12. The van der Waals surface area contributed by atoms with E-state index in [1.54, 1.807) is 11.8 Å². The molecule has 114 valence electrons. The first kappa shape index (κ1) is 15.4. The third-order valence-corrected chi connectivity index (χ3v) is 4.07. The van der Waals surface area contributed by atoms with Crippen LogP contribution in [0.1, 0.15) is 24.5 Å². The summed E-state index contributed by atoms with van der Waals surface area (Å²) in [5.41, 5.74) is 2.13. The summed E-state index contributed by atoms with van der Waals surface area (Å²) in [6.45, 7) is 6.14. The van der Waals surface area contributed by atoms with E-state index in [4.69, 9.17) is 9.84 Å². The third kappa shape index (κ3) is 3.35. The lowest BCUT2D eigenvalue weighted by atomic mass is 10.0. The highest BCUT2D eigenvalue weighted by molar-refractivity contribution is 5.80. The number of amides is 1. The minimum absolute atomic E-state index is 0.0550. The Morgan fingerprint density at radius 2 is 2.10 bits per heavy atom. The van der Waals surface area contributed by atoms with Crippen molar-refractivity contribution >= 4 is 11.9 Å². The maximum atomic E-state index is 12.2. The van der Waals surface area contributed by atoms with E-state index >= 15 is 0 Å². The van der Waals surface area contributed by atoms with Crippen molar-refractivity contribution < 1.29 is 19.4 Å². The summed E-state index contributed by atoms with van der Waals surface area (Å²) in [7, 11) is 0. The number of rotatable bonds is 4. The molecule has 0 aliphatic carbocycles. The van der Waals surface area contributed by atoms with Crippen molar-refractivity contribution in [3.05, 3.63) is 29.3 Å². The molecule has 1 aromatic rings. The molecule has 1 aliphatic rings. The fraction of sp³-hybridized carbons (Fsp3) is 0.500. The van der Waals surface area contributed by atoms with Crippen LogP contribution in [0.4, 0.5) is 0 Å². The fourth-order valence-corrected chi connectivity index (χ4v) is 2.81. The van der Waals surface area contributed by atoms with E-state index in [-0.39, 0.29) is 18.6 Å². The number of aliphatic carboxylic acids is 1. The summed E-state index contributed by atoms with van der Waals surface area (Å²) in [5.74, 6) is -0.787. The Balaban J connectivity index is 1.95. The van der Waals surface area contributed by atoms with Crippen LogP contribution in [0, 0.1) is 19.8 Å². The zero-order valence-electron chi connectivity index (χ0n) is 12.6. The van der Waals surface area contributed by atoms with Gasteiger partial charge in [0.25, 0.3) is 5.91 Å². The van der Waals surface area contributed by atoms with Gasteiger partial charge in [0.2, 0.25) is 0 Å². The second-order valence-corrected chi connectivity index (χ2v) is 5.62. The van der Waals surface area contributed by atoms with Crippen LogP contribution in [0.5, 0.6) is 5.75 Å². The molecule has 1 heterocycles. The number of carboxylic acids is 1. The van der Waals surface area contributed by atoms with Gasteiger partial charge in [0.1, 0.15) is 5.75 Å². The number of ether oxygens (including phenoxy) is 1. The molecule has 0 bridgehead atoms. The van der Waals surface area contributed by atoms with Crippen molar-refractivity contribution in [2.75, 3.05) is 13.2 Å². The number of likely N-dealkylation sites (tertiary alicyclic amines) is 1. The van der Waals surface area contributed by atoms with Crippen LogP contribution in [0.25, 0.3) is 0 Å². The molecule has 1 fully saturated rings. The number of hydrogen-bond acceptors (Lipinski definition) is 3. The monoisotopic (exact) mass is 291 g/mol. The minimum atomic E-state index is -0.840. The largest absolute Gasteiger partial charge is 0.484 e. The van der Waals surface area contributed by atoms with Gasteiger partial charge in [0.05, 0.1) is 5.92 Å². The average Bonchev–Trinajstić information content (AvgIpc) is 2.79. The Labute approximate surface area is 124 Å². The van der Waals surface area contributed by atoms with E-state index < -0.39 is 11.9 Å². The molecular weight excluding hydrogens is 270 g/mol. The lowest BCUT2D eigenvalue weighted by Crippen LogP contribution is -2.40. The molecule has 5 heteroatoms. The molecule has 1 aromatic carbocycles. The first-order valence-electron chi connectivity index (χ1n) is 7.12. The molecular formula is C16H21NO4. The smallest absolute Gasteiger partial charge is 0.308 e. The van der Waals surface area contributed by atoms with Crippen molar-refractivity contribution in [3.63, 3.8) is 0 Å². The Kier molecular flexibility index (Phi) is 4.50. The van der Waals surface area contributed by atoms with Crippen LogP contribution >= 0.6 is 0 Å². The summed E-state index contributed by atoms with van der Waals surface area (Å²) in [6, 6.07) is 5.51. The molecule has 1 N–H and O–H groups in total. The van der Waals surface area contributed by atoms with Crippen molar-refractivity contribution in [1.82, 2.24) is 4.90 Å². The van der Waals surface area contributed by atoms with Crippen LogP contribution in [-0.4, -0.2) is 41.1 Å². The average molecular weight is 291 g/mol. The number of benzene rings is 1. The van der Waals surface area contributed by atoms with Gasteiger partial charge in [-0.2, -0.15) is 0 Å². The van der Waals surface area contributed by atoms with E-state index in [2.05, 4.69) is 0 Å². The summed E-state index contributed by atoms with van der Waals surface area (Å²) in [4.78, 5) is 24.8. The Morgan fingerprint density at radius 1 is 1.38 bits per heavy atom. The SMILES string of the molecule is Cc1ccc(OCC(=O)N2CCC(C(=O)O)C2C)c(C)c1. The summed E-state index contributed by atoms with van der Waals surface area (Å²) >= 11 is 0. The standard InChI is InChI=1S/C16H21NO4/c1-10-4-5-14(11(2)8-10)21-9-15(18)17-7-6-13(12(17)3)16(19)20/h4-5,8,12-13H,6-7,9H2,1-3H3,(H,19,20). The predicted octanol–water partition coefficient (Wildman–Crippen LogP) is 2.00. The number of carbonyl (C=O) groups excluding carboxylic acids is 1. The zero-order chi connectivity index (χ0) is 15.6. The van der Waals surface area contributed by atoms with Gasteiger partial charge in [-0.15, -0.1) is 0 Å². The van der Waals surface area contributed by atoms with E-state index in [0.29, 0.717) is 18.7 Å². The van der Waals surface area contributed by atoms with Crippen LogP contribution in [0.3, 0.4) is 0 Å². The van der Waals surface area contributed by atoms with Gasteiger partial charge in [-0.05, 0) is 38.8 Å². The van der Waals surface area contributed by atoms with Crippen molar-refractivity contribution in [1.29, 1.82) is 0 Å². The van der Waals surface area contributed by atoms with Crippen LogP contribution in [-0.2, 0) is 9.59 Å². The van der Waals surface area contributed by atoms with E-state index in [1.807, 2.05) is 32.0 Å². The van der Waals surface area contributed by atoms with E-state index in [1.165, 1.54) is 0 Å². The number of hydrogen-bond donors (Lipinski definition) is 1. The number of nitrogens with zero attached hydrogens (tertiary/aromatic N) is 1. The lowest BCUT2D eigenvalue weighted by Gasteiger charge is -2.23. The predicted molar refractivity (Wildman–Crippen MR) is 78.3 cm³/mol. The van der Waals surface area contributed by atoms with Gasteiger partial charge in [-0.1, -0.05) is 17.7 Å². The summed E-state index contributed by atoms with van der Waals surface area (Å²) in [5, 5.41) is 9.08. The van der Waals surface area contributed by atoms with Gasteiger partial charge >= 0.3 is 5.97 Å². The zero-order valence-corrected chi connectivity index (χ0v) is 12.6. The second kappa shape index (κ2) is 6.16. The molecule has 5 nitrogen and oxygen atoms in total. The first-order chi connectivity index (χ1) is 9.90. The van der Waals surface area contributed by atoms with Crippen molar-refractivity contribution in [2.24, 2.45) is 5.92 Å². The Bertz CT molecular complexity index is 555. The molecule has 0 radical (unpaired) electrons. The molecule has 0 spiro atoms. The Morgan fingerprint density at radius 3 is 2.67 bits per heavy atom. The fourth-order valence-electron chi connectivity index (χ4n) is 2.81. The molecule has 0 aromatic heterocycles. The highest BCUT2D eigenvalue weighted by atomic mass is 16.5. The molecule has 0 saturated carbocycles. The van der Waals surface area contributed by atoms with Crippen molar-refractivity contribution in [2.45, 2.75) is 33.2 Å². The highest BCUT2D eigenvalue weighted by Crippen LogP contribution is 2.25. The molecule has 2 rings (SSSR count). The van der Waals surface area contributed by atoms with Crippen LogP contribution < -0.4 is 4.74 Å². The molecule has 2 atom stereocenters. The molecule has 1 amide bonds. The van der Waals surface area contributed by atoms with Gasteiger partial charge in [0.15, 0.2) is 6.61 Å². The number of aryl methyl sites for hydroxylation is 2. The third-order valence-electron chi connectivity index (χ3n) is 4.07. The van der Waals surface area contributed by atoms with E-state index in [9.17, 15) is 9.59 Å². The van der Waals surface area contributed by atoms with Gasteiger partial charge in [-0.25, -0.2) is 0 Å². The molecule has 1 aliphatic heterocycles. The second-order valence-electron chi connectivity index (χ2n) is 5.62.